The molecule has 3 aromatic rings. The molecule has 1 N–H and O–H groups in total. The normalized spacial score (nSPS) is 10.8. The zero-order chi connectivity index (χ0) is 20.3. The molecule has 10 heteroatoms. The van der Waals surface area contributed by atoms with Gasteiger partial charge in [0.2, 0.25) is 11.6 Å². The topological polar surface area (TPSA) is 116 Å². The van der Waals surface area contributed by atoms with Crippen LogP contribution in [0.3, 0.4) is 0 Å². The van der Waals surface area contributed by atoms with Crippen molar-refractivity contribution in [3.63, 3.8) is 0 Å². The summed E-state index contributed by atoms with van der Waals surface area (Å²) in [5.74, 6) is -0.926. The Balaban J connectivity index is 1.91. The van der Waals surface area contributed by atoms with Gasteiger partial charge in [0.1, 0.15) is 17.8 Å². The number of nitrogens with zero attached hydrogens (tertiary/aromatic N) is 3. The van der Waals surface area contributed by atoms with Gasteiger partial charge in [-0.1, -0.05) is 11.2 Å². The van der Waals surface area contributed by atoms with E-state index in [9.17, 15) is 14.4 Å². The van der Waals surface area contributed by atoms with Crippen LogP contribution in [0.1, 0.15) is 23.2 Å². The van der Waals surface area contributed by atoms with Gasteiger partial charge >= 0.3 is 5.97 Å². The number of rotatable bonds is 6. The van der Waals surface area contributed by atoms with Crippen molar-refractivity contribution in [2.45, 2.75) is 25.3 Å². The molecule has 1 amide bonds. The van der Waals surface area contributed by atoms with Gasteiger partial charge in [0, 0.05) is 10.6 Å². The molecule has 0 saturated heterocycles. The van der Waals surface area contributed by atoms with Crippen LogP contribution >= 0.6 is 11.8 Å². The molecule has 0 bridgehead atoms. The van der Waals surface area contributed by atoms with Crippen molar-refractivity contribution in [3.8, 4) is 0 Å². The third-order valence-corrected chi connectivity index (χ3v) is 4.64. The highest BCUT2D eigenvalue weighted by Crippen LogP contribution is 2.19. The van der Waals surface area contributed by atoms with Crippen LogP contribution in [0.4, 0.5) is 5.69 Å². The molecular formula is C18H18N4O5S. The summed E-state index contributed by atoms with van der Waals surface area (Å²) in [4.78, 5) is 42.4. The van der Waals surface area contributed by atoms with Crippen molar-refractivity contribution in [2.75, 3.05) is 18.2 Å². The highest BCUT2D eigenvalue weighted by molar-refractivity contribution is 7.98. The number of thioether (sulfide) groups is 1. The summed E-state index contributed by atoms with van der Waals surface area (Å²) in [5.41, 5.74) is -0.306. The fourth-order valence-corrected chi connectivity index (χ4v) is 3.07. The summed E-state index contributed by atoms with van der Waals surface area (Å²) in [6.07, 6.45) is 1.94. The van der Waals surface area contributed by atoms with Crippen LogP contribution in [0, 0.1) is 6.92 Å². The molecule has 28 heavy (non-hydrogen) atoms. The Kier molecular flexibility index (Phi) is 5.78. The van der Waals surface area contributed by atoms with E-state index < -0.39 is 17.4 Å². The van der Waals surface area contributed by atoms with Crippen molar-refractivity contribution < 1.29 is 18.8 Å². The molecule has 0 spiro atoms. The second-order valence-electron chi connectivity index (χ2n) is 5.76. The van der Waals surface area contributed by atoms with Gasteiger partial charge in [0.05, 0.1) is 6.61 Å². The number of nitrogens with one attached hydrogen (secondary N) is 1. The Morgan fingerprint density at radius 3 is 2.86 bits per heavy atom. The number of aryl methyl sites for hydroxylation is 1. The molecule has 1 aromatic carbocycles. The number of ether oxygens (including phenoxy) is 1. The van der Waals surface area contributed by atoms with Gasteiger partial charge in [0.25, 0.3) is 11.3 Å². The van der Waals surface area contributed by atoms with Crippen LogP contribution in [-0.2, 0) is 16.1 Å². The molecule has 0 radical (unpaired) electrons. The van der Waals surface area contributed by atoms with Gasteiger partial charge in [-0.3, -0.25) is 14.2 Å². The van der Waals surface area contributed by atoms with Crippen LogP contribution in [0.15, 0.2) is 38.5 Å². The first-order valence-electron chi connectivity index (χ1n) is 8.42. The first-order valence-corrected chi connectivity index (χ1v) is 9.65. The van der Waals surface area contributed by atoms with E-state index in [4.69, 9.17) is 9.26 Å². The summed E-state index contributed by atoms with van der Waals surface area (Å²) in [7, 11) is 0. The minimum Gasteiger partial charge on any atom is -0.461 e. The van der Waals surface area contributed by atoms with Crippen molar-refractivity contribution in [2.24, 2.45) is 0 Å². The van der Waals surface area contributed by atoms with Crippen LogP contribution in [0.2, 0.25) is 0 Å². The third kappa shape index (κ3) is 3.91. The molecule has 146 valence electrons. The van der Waals surface area contributed by atoms with Crippen LogP contribution < -0.4 is 10.9 Å². The lowest BCUT2D eigenvalue weighted by molar-refractivity contribution is -0.116. The number of hydrogen-bond acceptors (Lipinski definition) is 8. The highest BCUT2D eigenvalue weighted by atomic mass is 32.2. The fraction of sp³-hybridized carbons (Fsp3) is 0.278. The van der Waals surface area contributed by atoms with E-state index in [0.29, 0.717) is 5.69 Å². The van der Waals surface area contributed by atoms with Gasteiger partial charge in [-0.15, -0.1) is 11.8 Å². The minimum atomic E-state index is -0.783. The highest BCUT2D eigenvalue weighted by Gasteiger charge is 2.24. The molecular weight excluding hydrogens is 384 g/mol. The molecule has 0 atom stereocenters. The predicted molar refractivity (Wildman–Crippen MR) is 104 cm³/mol. The average Bonchev–Trinajstić information content (AvgIpc) is 3.09. The monoisotopic (exact) mass is 402 g/mol. The molecule has 0 aliphatic rings. The lowest BCUT2D eigenvalue weighted by atomic mass is 10.3. The Bertz CT molecular complexity index is 1110. The Labute approximate surface area is 164 Å². The Hall–Kier alpha value is -3.14. The second-order valence-corrected chi connectivity index (χ2v) is 6.64. The molecule has 0 aliphatic carbocycles. The number of benzene rings is 1. The first kappa shape index (κ1) is 19.6. The van der Waals surface area contributed by atoms with Gasteiger partial charge in [-0.2, -0.15) is 4.98 Å². The number of hydrogen-bond donors (Lipinski definition) is 1. The lowest BCUT2D eigenvalue weighted by Crippen LogP contribution is -2.30. The number of fused-ring (bicyclic) bond motifs is 1. The van der Waals surface area contributed by atoms with E-state index in [1.807, 2.05) is 24.5 Å². The standard InChI is InChI=1S/C18H18N4O5S/c1-4-26-18(25)15-14-16(27-21-15)19-10(2)22(17(14)24)9-13(23)20-11-6-5-7-12(8-11)28-3/h5-8H,4,9H2,1-3H3,(H,20,23). The van der Waals surface area contributed by atoms with Crippen molar-refractivity contribution in [1.29, 1.82) is 0 Å². The maximum Gasteiger partial charge on any atom is 0.361 e. The van der Waals surface area contributed by atoms with E-state index in [1.165, 1.54) is 0 Å². The van der Waals surface area contributed by atoms with Gasteiger partial charge in [-0.05, 0) is 38.3 Å². The predicted octanol–water partition coefficient (Wildman–Crippen LogP) is 2.23. The molecule has 2 aromatic heterocycles. The second kappa shape index (κ2) is 8.26. The number of carbonyl (C=O) groups excluding carboxylic acids is 2. The Morgan fingerprint density at radius 2 is 2.14 bits per heavy atom. The fourth-order valence-electron chi connectivity index (χ4n) is 2.61. The van der Waals surface area contributed by atoms with Crippen molar-refractivity contribution >= 4 is 40.4 Å². The molecule has 0 unspecified atom stereocenters. The average molecular weight is 402 g/mol. The summed E-state index contributed by atoms with van der Waals surface area (Å²) in [6, 6.07) is 7.34. The summed E-state index contributed by atoms with van der Waals surface area (Å²) in [6.45, 7) is 3.05. The van der Waals surface area contributed by atoms with E-state index in [-0.39, 0.29) is 35.8 Å². The van der Waals surface area contributed by atoms with E-state index in [2.05, 4.69) is 15.5 Å². The summed E-state index contributed by atoms with van der Waals surface area (Å²) < 4.78 is 11.0. The van der Waals surface area contributed by atoms with Crippen LogP contribution in [0.25, 0.3) is 11.1 Å². The largest absolute Gasteiger partial charge is 0.461 e. The summed E-state index contributed by atoms with van der Waals surface area (Å²) in [5, 5.41) is 6.23. The SMILES string of the molecule is CCOC(=O)c1noc2nc(C)n(CC(=O)Nc3cccc(SC)c3)c(=O)c12. The van der Waals surface area contributed by atoms with Crippen LogP contribution in [-0.4, -0.2) is 39.4 Å². The molecule has 0 fully saturated rings. The first-order chi connectivity index (χ1) is 13.4. The minimum absolute atomic E-state index is 0.0742. The smallest absolute Gasteiger partial charge is 0.361 e. The Morgan fingerprint density at radius 1 is 1.36 bits per heavy atom. The maximum absolute atomic E-state index is 12.9. The van der Waals surface area contributed by atoms with E-state index in [1.54, 1.807) is 31.7 Å². The zero-order valence-corrected chi connectivity index (χ0v) is 16.3. The number of aromatic nitrogens is 3. The van der Waals surface area contributed by atoms with E-state index >= 15 is 0 Å². The summed E-state index contributed by atoms with van der Waals surface area (Å²) >= 11 is 1.55. The number of anilines is 1. The molecule has 0 saturated carbocycles. The van der Waals surface area contributed by atoms with Crippen LogP contribution in [0.5, 0.6) is 0 Å². The molecule has 9 nitrogen and oxygen atoms in total. The van der Waals surface area contributed by atoms with Gasteiger partial charge in [0.15, 0.2) is 0 Å². The van der Waals surface area contributed by atoms with Crippen molar-refractivity contribution in [3.05, 3.63) is 46.1 Å². The number of esters is 1. The lowest BCUT2D eigenvalue weighted by Gasteiger charge is -2.10. The van der Waals surface area contributed by atoms with Gasteiger partial charge in [-0.25, -0.2) is 4.79 Å². The van der Waals surface area contributed by atoms with Crippen molar-refractivity contribution in [1.82, 2.24) is 14.7 Å². The zero-order valence-electron chi connectivity index (χ0n) is 15.5. The quantitative estimate of drug-likeness (QED) is 0.493. The third-order valence-electron chi connectivity index (χ3n) is 3.91. The molecule has 2 heterocycles. The number of carbonyl (C=O) groups is 2. The van der Waals surface area contributed by atoms with Gasteiger partial charge < -0.3 is 14.6 Å². The molecule has 0 aliphatic heterocycles. The number of amides is 1. The molecule has 3 rings (SSSR count). The van der Waals surface area contributed by atoms with E-state index in [0.717, 1.165) is 9.46 Å². The maximum atomic E-state index is 12.9.